The van der Waals surface area contributed by atoms with Crippen LogP contribution in [-0.4, -0.2) is 55.0 Å². The third-order valence-corrected chi connectivity index (χ3v) is 4.55. The fourth-order valence-electron chi connectivity index (χ4n) is 3.03. The normalized spacial score (nSPS) is 12.3. The van der Waals surface area contributed by atoms with E-state index in [0.717, 1.165) is 12.2 Å². The summed E-state index contributed by atoms with van der Waals surface area (Å²) >= 11 is 0. The molecule has 0 aliphatic carbocycles. The quantitative estimate of drug-likeness (QED) is 0.434. The molecule has 1 aromatic heterocycles. The number of anilines is 2. The third kappa shape index (κ3) is 6.79. The van der Waals surface area contributed by atoms with Crippen LogP contribution in [-0.2, 0) is 20.7 Å². The van der Waals surface area contributed by atoms with Crippen LogP contribution in [0.3, 0.4) is 0 Å². The van der Waals surface area contributed by atoms with E-state index in [9.17, 15) is 14.4 Å². The average molecular weight is 438 g/mol. The van der Waals surface area contributed by atoms with Gasteiger partial charge in [-0.25, -0.2) is 0 Å². The first-order valence-electron chi connectivity index (χ1n) is 10.4. The van der Waals surface area contributed by atoms with Crippen LogP contribution in [0.2, 0.25) is 0 Å². The highest BCUT2D eigenvalue weighted by Crippen LogP contribution is 2.16. The molecular formula is C22H26N6O4. The second-order valence-electron chi connectivity index (χ2n) is 6.93. The Hall–Kier alpha value is -3.95. The van der Waals surface area contributed by atoms with Crippen molar-refractivity contribution in [1.29, 1.82) is 0 Å². The molecule has 10 heteroatoms. The first-order chi connectivity index (χ1) is 15.5. The summed E-state index contributed by atoms with van der Waals surface area (Å²) in [5.74, 6) is -0.408. The lowest BCUT2D eigenvalue weighted by Crippen LogP contribution is -2.33. The number of hydrogen-bond donors (Lipinski definition) is 4. The maximum atomic E-state index is 12.5. The first-order valence-corrected chi connectivity index (χ1v) is 10.4. The summed E-state index contributed by atoms with van der Waals surface area (Å²) < 4.78 is 4.93. The van der Waals surface area contributed by atoms with E-state index in [2.05, 4.69) is 31.2 Å². The van der Waals surface area contributed by atoms with E-state index >= 15 is 0 Å². The van der Waals surface area contributed by atoms with Crippen molar-refractivity contribution in [2.45, 2.75) is 19.8 Å². The van der Waals surface area contributed by atoms with E-state index in [0.29, 0.717) is 42.3 Å². The average Bonchev–Trinajstić information content (AvgIpc) is 3.30. The Morgan fingerprint density at radius 3 is 2.88 bits per heavy atom. The molecule has 32 heavy (non-hydrogen) atoms. The van der Waals surface area contributed by atoms with Gasteiger partial charge in [-0.3, -0.25) is 24.4 Å². The van der Waals surface area contributed by atoms with E-state index in [1.807, 2.05) is 6.07 Å². The van der Waals surface area contributed by atoms with E-state index in [1.54, 1.807) is 43.6 Å². The summed E-state index contributed by atoms with van der Waals surface area (Å²) in [6.07, 6.45) is 3.71. The van der Waals surface area contributed by atoms with Crippen LogP contribution < -0.4 is 21.3 Å². The topological polar surface area (TPSA) is 134 Å². The molecule has 0 saturated carbocycles. The van der Waals surface area contributed by atoms with Gasteiger partial charge in [0.15, 0.2) is 5.96 Å². The lowest BCUT2D eigenvalue weighted by molar-refractivity contribution is -0.143. The van der Waals surface area contributed by atoms with Gasteiger partial charge in [0.25, 0.3) is 5.91 Å². The monoisotopic (exact) mass is 438 g/mol. The second kappa shape index (κ2) is 11.4. The lowest BCUT2D eigenvalue weighted by atomic mass is 10.1. The van der Waals surface area contributed by atoms with Crippen LogP contribution in [0.1, 0.15) is 29.3 Å². The van der Waals surface area contributed by atoms with Crippen molar-refractivity contribution in [2.24, 2.45) is 4.99 Å². The molecule has 3 rings (SSSR count). The number of hydrogen-bond acceptors (Lipinski definition) is 8. The number of amides is 2. The Labute approximate surface area is 185 Å². The Balaban J connectivity index is 1.52. The van der Waals surface area contributed by atoms with Crippen molar-refractivity contribution in [1.82, 2.24) is 15.6 Å². The van der Waals surface area contributed by atoms with Crippen LogP contribution >= 0.6 is 0 Å². The smallest absolute Gasteiger partial charge is 0.306 e. The maximum absolute atomic E-state index is 12.5. The zero-order valence-electron chi connectivity index (χ0n) is 17.8. The van der Waals surface area contributed by atoms with Gasteiger partial charge in [0.1, 0.15) is 0 Å². The molecule has 10 nitrogen and oxygen atoms in total. The summed E-state index contributed by atoms with van der Waals surface area (Å²) in [5, 5.41) is 11.6. The molecule has 2 aromatic rings. The summed E-state index contributed by atoms with van der Waals surface area (Å²) in [6, 6.07) is 8.58. The SMILES string of the molecule is CCOC(=O)CCc1cnccc1NC(=O)CNC(=O)c1cccc(NC2=NCCN2)c1. The number of aliphatic imine (C=N–C) groups is 1. The number of pyridine rings is 1. The van der Waals surface area contributed by atoms with Crippen molar-refractivity contribution < 1.29 is 19.1 Å². The highest BCUT2D eigenvalue weighted by molar-refractivity contribution is 6.01. The standard InChI is InChI=1S/C22H26N6O4/c1-2-32-20(30)7-6-16-13-23-9-8-18(16)28-19(29)14-26-21(31)15-4-3-5-17(12-15)27-22-24-10-11-25-22/h3-5,8-9,12-13H,2,6-7,10-11,14H2,1H3,(H,26,31)(H,23,28,29)(H2,24,25,27). The number of ether oxygens (including phenoxy) is 1. The molecule has 1 aliphatic rings. The lowest BCUT2D eigenvalue weighted by Gasteiger charge is -2.12. The number of guanidine groups is 1. The van der Waals surface area contributed by atoms with Crippen molar-refractivity contribution in [3.05, 3.63) is 53.9 Å². The zero-order valence-corrected chi connectivity index (χ0v) is 17.8. The van der Waals surface area contributed by atoms with Gasteiger partial charge in [0.05, 0.1) is 19.7 Å². The Morgan fingerprint density at radius 1 is 1.22 bits per heavy atom. The van der Waals surface area contributed by atoms with Crippen LogP contribution in [0.25, 0.3) is 0 Å². The molecule has 0 atom stereocenters. The van der Waals surface area contributed by atoms with Gasteiger partial charge in [0, 0.05) is 42.3 Å². The number of benzene rings is 1. The maximum Gasteiger partial charge on any atom is 0.306 e. The van der Waals surface area contributed by atoms with Crippen molar-refractivity contribution >= 4 is 35.1 Å². The zero-order chi connectivity index (χ0) is 22.8. The van der Waals surface area contributed by atoms with Gasteiger partial charge in [-0.1, -0.05) is 6.07 Å². The molecule has 0 bridgehead atoms. The molecule has 168 valence electrons. The fourth-order valence-corrected chi connectivity index (χ4v) is 3.03. The number of aromatic nitrogens is 1. The minimum atomic E-state index is -0.388. The van der Waals surface area contributed by atoms with E-state index in [4.69, 9.17) is 4.74 Å². The summed E-state index contributed by atoms with van der Waals surface area (Å²) in [7, 11) is 0. The predicted octanol–water partition coefficient (Wildman–Crippen LogP) is 1.32. The predicted molar refractivity (Wildman–Crippen MR) is 121 cm³/mol. The number of nitrogens with zero attached hydrogens (tertiary/aromatic N) is 2. The minimum Gasteiger partial charge on any atom is -0.466 e. The Morgan fingerprint density at radius 2 is 2.09 bits per heavy atom. The molecule has 0 saturated heterocycles. The molecule has 0 radical (unpaired) electrons. The number of aryl methyl sites for hydroxylation is 1. The highest BCUT2D eigenvalue weighted by atomic mass is 16.5. The summed E-state index contributed by atoms with van der Waals surface area (Å²) in [5.41, 5.74) is 2.39. The third-order valence-electron chi connectivity index (χ3n) is 4.55. The molecule has 0 unspecified atom stereocenters. The molecule has 1 aliphatic heterocycles. The molecule has 1 aromatic carbocycles. The Kier molecular flexibility index (Phi) is 8.13. The van der Waals surface area contributed by atoms with Gasteiger partial charge in [0.2, 0.25) is 5.91 Å². The van der Waals surface area contributed by atoms with E-state index in [-0.39, 0.29) is 30.7 Å². The van der Waals surface area contributed by atoms with Crippen LogP contribution in [0.4, 0.5) is 11.4 Å². The number of carbonyl (C=O) groups excluding carboxylic acids is 3. The van der Waals surface area contributed by atoms with E-state index in [1.165, 1.54) is 0 Å². The van der Waals surface area contributed by atoms with Gasteiger partial charge >= 0.3 is 5.97 Å². The van der Waals surface area contributed by atoms with Crippen molar-refractivity contribution in [3.63, 3.8) is 0 Å². The molecule has 2 amide bonds. The first kappa shape index (κ1) is 22.7. The molecular weight excluding hydrogens is 412 g/mol. The van der Waals surface area contributed by atoms with E-state index < -0.39 is 0 Å². The number of rotatable bonds is 9. The van der Waals surface area contributed by atoms with Gasteiger partial charge < -0.3 is 26.0 Å². The van der Waals surface area contributed by atoms with Crippen LogP contribution in [0.5, 0.6) is 0 Å². The van der Waals surface area contributed by atoms with Crippen LogP contribution in [0.15, 0.2) is 47.7 Å². The molecule has 0 spiro atoms. The number of esters is 1. The fraction of sp³-hybridized carbons (Fsp3) is 0.318. The highest BCUT2D eigenvalue weighted by Gasteiger charge is 2.13. The molecule has 0 fully saturated rings. The van der Waals surface area contributed by atoms with Crippen molar-refractivity contribution in [3.8, 4) is 0 Å². The molecule has 4 N–H and O–H groups in total. The number of nitrogens with one attached hydrogen (secondary N) is 4. The Bertz CT molecular complexity index is 1010. The summed E-state index contributed by atoms with van der Waals surface area (Å²) in [4.78, 5) is 44.7. The minimum absolute atomic E-state index is 0.186. The van der Waals surface area contributed by atoms with Gasteiger partial charge in [-0.15, -0.1) is 0 Å². The van der Waals surface area contributed by atoms with Gasteiger partial charge in [-0.05, 0) is 43.2 Å². The molecule has 2 heterocycles. The second-order valence-corrected chi connectivity index (χ2v) is 6.93. The number of carbonyl (C=O) groups is 3. The van der Waals surface area contributed by atoms with Gasteiger partial charge in [-0.2, -0.15) is 0 Å². The summed E-state index contributed by atoms with van der Waals surface area (Å²) in [6.45, 7) is 3.35. The largest absolute Gasteiger partial charge is 0.466 e. The van der Waals surface area contributed by atoms with Crippen molar-refractivity contribution in [2.75, 3.05) is 36.9 Å². The van der Waals surface area contributed by atoms with Crippen LogP contribution in [0, 0.1) is 0 Å².